The van der Waals surface area contributed by atoms with Crippen LogP contribution in [0.4, 0.5) is 0 Å². The molecule has 5 N–H and O–H groups in total. The van der Waals surface area contributed by atoms with Crippen molar-refractivity contribution >= 4 is 16.8 Å². The normalized spacial score (nSPS) is 38.0. The highest BCUT2D eigenvalue weighted by Crippen LogP contribution is 2.48. The number of hydrogen-bond acceptors (Lipinski definition) is 8. The first kappa shape index (κ1) is 23.7. The minimum atomic E-state index is -1.56. The molecule has 0 saturated carbocycles. The first-order valence-electron chi connectivity index (χ1n) is 12.3. The third kappa shape index (κ3) is 3.52. The molecule has 2 aromatic rings. The van der Waals surface area contributed by atoms with Crippen molar-refractivity contribution < 1.29 is 39.4 Å². The fraction of sp³-hybridized carbons (Fsp3) is 0.500. The van der Waals surface area contributed by atoms with Crippen molar-refractivity contribution in [1.29, 1.82) is 0 Å². The average Bonchev–Trinajstić information content (AvgIpc) is 3.28. The highest BCUT2D eigenvalue weighted by Gasteiger charge is 2.51. The largest absolute Gasteiger partial charge is 0.471 e. The summed E-state index contributed by atoms with van der Waals surface area (Å²) >= 11 is 0. The van der Waals surface area contributed by atoms with E-state index in [9.17, 15) is 25.2 Å². The third-order valence-electron chi connectivity index (χ3n) is 8.04. The van der Waals surface area contributed by atoms with Gasteiger partial charge in [0, 0.05) is 35.0 Å². The number of benzene rings is 1. The van der Waals surface area contributed by atoms with Crippen LogP contribution in [0.15, 0.2) is 48.8 Å². The summed E-state index contributed by atoms with van der Waals surface area (Å²) in [6.45, 7) is 4.01. The van der Waals surface area contributed by atoms with Crippen molar-refractivity contribution in [1.82, 2.24) is 9.88 Å². The fourth-order valence-corrected chi connectivity index (χ4v) is 6.13. The van der Waals surface area contributed by atoms with Gasteiger partial charge in [-0.3, -0.25) is 4.79 Å². The zero-order chi connectivity index (χ0) is 25.1. The van der Waals surface area contributed by atoms with Crippen LogP contribution in [0.1, 0.15) is 23.7 Å². The Kier molecular flexibility index (Phi) is 5.90. The number of para-hydroxylation sites is 1. The third-order valence-corrected chi connectivity index (χ3v) is 8.04. The van der Waals surface area contributed by atoms with Crippen molar-refractivity contribution in [3.63, 3.8) is 0 Å². The lowest BCUT2D eigenvalue weighted by atomic mass is 9.74. The quantitative estimate of drug-likeness (QED) is 0.383. The van der Waals surface area contributed by atoms with E-state index >= 15 is 0 Å². The smallest absolute Gasteiger partial charge is 0.253 e. The van der Waals surface area contributed by atoms with Crippen molar-refractivity contribution in [3.05, 3.63) is 60.0 Å². The van der Waals surface area contributed by atoms with E-state index in [1.165, 1.54) is 17.2 Å². The summed E-state index contributed by atoms with van der Waals surface area (Å²) in [5.74, 6) is -0.783. The fourth-order valence-electron chi connectivity index (χ4n) is 6.13. The molecule has 4 aliphatic heterocycles. The summed E-state index contributed by atoms with van der Waals surface area (Å²) in [4.78, 5) is 19.0. The first-order chi connectivity index (χ1) is 17.4. The molecule has 2 saturated heterocycles. The summed E-state index contributed by atoms with van der Waals surface area (Å²) < 4.78 is 17.2. The van der Waals surface area contributed by atoms with E-state index in [0.29, 0.717) is 18.5 Å². The van der Waals surface area contributed by atoms with E-state index < -0.39 is 49.5 Å². The van der Waals surface area contributed by atoms with E-state index in [4.69, 9.17) is 14.2 Å². The monoisotopic (exact) mass is 498 g/mol. The van der Waals surface area contributed by atoms with Crippen LogP contribution in [0.2, 0.25) is 0 Å². The molecule has 0 spiro atoms. The topological polar surface area (TPSA) is 145 Å². The standard InChI is InChI=1S/C26H30N2O8/c1-2-12-15-9-18-20-14(13-5-3-4-6-17(13)27-20)7-8-28(18)24(33)16(15)11-34-25(12)36-26-23(32)22(31)21(30)19(10-29)35-26/h2-6,11-12,15,18-19,21-23,25-27,29-32H,1,7-10H2/t12-,15+,18+,19-,21-,22+,23-,25?,26+/m1/s1. The Morgan fingerprint density at radius 3 is 2.75 bits per heavy atom. The number of piperidine rings is 1. The summed E-state index contributed by atoms with van der Waals surface area (Å²) in [6, 6.07) is 8.01. The number of aliphatic hydroxyl groups excluding tert-OH is 4. The molecular weight excluding hydrogens is 468 g/mol. The van der Waals surface area contributed by atoms with E-state index in [2.05, 4.69) is 17.6 Å². The predicted molar refractivity (Wildman–Crippen MR) is 126 cm³/mol. The molecule has 2 fully saturated rings. The number of ether oxygens (including phenoxy) is 3. The maximum atomic E-state index is 13.5. The molecule has 36 heavy (non-hydrogen) atoms. The van der Waals surface area contributed by atoms with Gasteiger partial charge in [0.1, 0.15) is 24.4 Å². The van der Waals surface area contributed by atoms with Crippen LogP contribution in [0, 0.1) is 11.8 Å². The molecule has 0 bridgehead atoms. The molecule has 9 atom stereocenters. The molecule has 10 nitrogen and oxygen atoms in total. The molecule has 0 radical (unpaired) electrons. The van der Waals surface area contributed by atoms with Gasteiger partial charge in [0.25, 0.3) is 5.91 Å². The molecule has 10 heteroatoms. The van der Waals surface area contributed by atoms with Gasteiger partial charge in [0.2, 0.25) is 6.29 Å². The minimum Gasteiger partial charge on any atom is -0.471 e. The zero-order valence-electron chi connectivity index (χ0n) is 19.6. The molecule has 6 rings (SSSR count). The SMILES string of the molecule is C=C[C@H]1C(O[C@@H]2O[C@H](CO)[C@@H](O)[C@H](O)[C@H]2O)OC=C2C(=O)N3CCc4c([nH]c5ccccc45)[C@@H]3C[C@H]21. The van der Waals surface area contributed by atoms with Crippen molar-refractivity contribution in [2.75, 3.05) is 13.2 Å². The second-order valence-corrected chi connectivity index (χ2v) is 9.89. The van der Waals surface area contributed by atoms with Crippen LogP contribution < -0.4 is 0 Å². The summed E-state index contributed by atoms with van der Waals surface area (Å²) in [5, 5.41) is 41.3. The van der Waals surface area contributed by atoms with Crippen molar-refractivity contribution in [3.8, 4) is 0 Å². The number of H-pyrrole nitrogens is 1. The van der Waals surface area contributed by atoms with Gasteiger partial charge in [0.15, 0.2) is 6.29 Å². The van der Waals surface area contributed by atoms with Gasteiger partial charge in [0.05, 0.1) is 24.5 Å². The van der Waals surface area contributed by atoms with E-state index in [0.717, 1.165) is 17.6 Å². The highest BCUT2D eigenvalue weighted by atomic mass is 16.8. The van der Waals surface area contributed by atoms with Gasteiger partial charge < -0.3 is 44.5 Å². The Morgan fingerprint density at radius 1 is 1.17 bits per heavy atom. The number of carbonyl (C=O) groups excluding carboxylic acids is 1. The molecular formula is C26H30N2O8. The minimum absolute atomic E-state index is 0.0845. The number of aliphatic hydroxyl groups is 4. The number of aromatic amines is 1. The van der Waals surface area contributed by atoms with E-state index in [1.54, 1.807) is 6.08 Å². The Hall–Kier alpha value is -2.73. The number of nitrogens with one attached hydrogen (secondary N) is 1. The second kappa shape index (κ2) is 8.98. The molecule has 4 aliphatic rings. The van der Waals surface area contributed by atoms with Gasteiger partial charge in [-0.05, 0) is 24.5 Å². The Bertz CT molecular complexity index is 1210. The maximum absolute atomic E-state index is 13.5. The molecule has 1 aromatic carbocycles. The van der Waals surface area contributed by atoms with Crippen molar-refractivity contribution in [2.24, 2.45) is 11.8 Å². The molecule has 1 unspecified atom stereocenters. The maximum Gasteiger partial charge on any atom is 0.253 e. The van der Waals surface area contributed by atoms with Crippen molar-refractivity contribution in [2.45, 2.75) is 55.9 Å². The summed E-state index contributed by atoms with van der Waals surface area (Å²) in [7, 11) is 0. The first-order valence-corrected chi connectivity index (χ1v) is 12.3. The number of fused-ring (bicyclic) bond motifs is 6. The van der Waals surface area contributed by atoms with E-state index in [1.807, 2.05) is 23.1 Å². The number of hydrogen-bond donors (Lipinski definition) is 5. The predicted octanol–water partition coefficient (Wildman–Crippen LogP) is 0.473. The number of aromatic nitrogens is 1. The van der Waals surface area contributed by atoms with Gasteiger partial charge in [-0.2, -0.15) is 0 Å². The molecule has 1 amide bonds. The molecule has 0 aliphatic carbocycles. The van der Waals surface area contributed by atoms with Gasteiger partial charge in [-0.25, -0.2) is 0 Å². The number of rotatable bonds is 4. The average molecular weight is 499 g/mol. The van der Waals surface area contributed by atoms with Crippen LogP contribution in [-0.4, -0.2) is 86.4 Å². The zero-order valence-corrected chi connectivity index (χ0v) is 19.6. The van der Waals surface area contributed by atoms with Crippen LogP contribution >= 0.6 is 0 Å². The summed E-state index contributed by atoms with van der Waals surface area (Å²) in [5.41, 5.74) is 3.89. The second-order valence-electron chi connectivity index (χ2n) is 9.89. The van der Waals surface area contributed by atoms with Gasteiger partial charge in [-0.15, -0.1) is 6.58 Å². The number of carbonyl (C=O) groups is 1. The molecule has 192 valence electrons. The van der Waals surface area contributed by atoms with Gasteiger partial charge in [-0.1, -0.05) is 24.3 Å². The Morgan fingerprint density at radius 2 is 1.97 bits per heavy atom. The Labute approximate surface area is 207 Å². The van der Waals surface area contributed by atoms with E-state index in [-0.39, 0.29) is 17.9 Å². The summed E-state index contributed by atoms with van der Waals surface area (Å²) in [6.07, 6.45) is -3.53. The number of nitrogens with zero attached hydrogens (tertiary/aromatic N) is 1. The lowest BCUT2D eigenvalue weighted by molar-refractivity contribution is -0.339. The lowest BCUT2D eigenvalue weighted by Crippen LogP contribution is -2.60. The Balaban J connectivity index is 1.28. The molecule has 1 aromatic heterocycles. The molecule has 5 heterocycles. The van der Waals surface area contributed by atoms with Crippen LogP contribution in [0.3, 0.4) is 0 Å². The van der Waals surface area contributed by atoms with Crippen LogP contribution in [0.25, 0.3) is 10.9 Å². The lowest BCUT2D eigenvalue weighted by Gasteiger charge is -2.48. The van der Waals surface area contributed by atoms with Gasteiger partial charge >= 0.3 is 0 Å². The highest BCUT2D eigenvalue weighted by molar-refractivity contribution is 5.96. The number of amides is 1. The van der Waals surface area contributed by atoms with Crippen LogP contribution in [0.5, 0.6) is 0 Å². The van der Waals surface area contributed by atoms with Crippen LogP contribution in [-0.2, 0) is 25.4 Å².